The Morgan fingerprint density at radius 2 is 2.00 bits per heavy atom. The highest BCUT2D eigenvalue weighted by atomic mass is 35.5. The summed E-state index contributed by atoms with van der Waals surface area (Å²) in [6.07, 6.45) is 3.52. The molecule has 0 aliphatic carbocycles. The van der Waals surface area contributed by atoms with E-state index < -0.39 is 0 Å². The Kier molecular flexibility index (Phi) is 3.31. The third kappa shape index (κ3) is 2.90. The van der Waals surface area contributed by atoms with Crippen LogP contribution in [0, 0.1) is 6.92 Å². The average molecular weight is 235 g/mol. The van der Waals surface area contributed by atoms with Crippen LogP contribution in [0.15, 0.2) is 30.6 Å². The minimum absolute atomic E-state index is 0.449. The van der Waals surface area contributed by atoms with E-state index in [2.05, 4.69) is 20.3 Å². The van der Waals surface area contributed by atoms with Gasteiger partial charge in [-0.05, 0) is 24.6 Å². The van der Waals surface area contributed by atoms with Crippen LogP contribution in [0.3, 0.4) is 0 Å². The number of halogens is 1. The molecular weight excluding hydrogens is 224 g/mol. The van der Waals surface area contributed by atoms with Crippen molar-refractivity contribution in [3.63, 3.8) is 0 Å². The monoisotopic (exact) mass is 234 g/mol. The van der Waals surface area contributed by atoms with Crippen molar-refractivity contribution in [3.05, 3.63) is 47.1 Å². The van der Waals surface area contributed by atoms with Crippen LogP contribution < -0.4 is 5.32 Å². The predicted molar refractivity (Wildman–Crippen MR) is 63.3 cm³/mol. The fraction of sp³-hybridized carbons (Fsp3) is 0.182. The topological polar surface area (TPSA) is 50.7 Å². The summed E-state index contributed by atoms with van der Waals surface area (Å²) in [5.74, 6) is 1.39. The molecule has 0 bridgehead atoms. The number of nitrogens with one attached hydrogen (secondary N) is 1. The molecule has 0 saturated carbocycles. The molecule has 0 fully saturated rings. The van der Waals surface area contributed by atoms with Gasteiger partial charge in [0.05, 0.1) is 0 Å². The smallest absolute Gasteiger partial charge is 0.134 e. The number of aryl methyl sites for hydroxylation is 1. The van der Waals surface area contributed by atoms with E-state index in [9.17, 15) is 0 Å². The number of pyridine rings is 1. The number of aromatic nitrogens is 3. The van der Waals surface area contributed by atoms with Gasteiger partial charge in [0.2, 0.25) is 0 Å². The Bertz CT molecular complexity index is 452. The Morgan fingerprint density at radius 3 is 2.69 bits per heavy atom. The zero-order chi connectivity index (χ0) is 11.4. The molecule has 16 heavy (non-hydrogen) atoms. The second-order valence-electron chi connectivity index (χ2n) is 3.33. The van der Waals surface area contributed by atoms with Gasteiger partial charge in [-0.3, -0.25) is 4.98 Å². The highest BCUT2D eigenvalue weighted by molar-refractivity contribution is 6.29. The molecule has 2 rings (SSSR count). The van der Waals surface area contributed by atoms with E-state index >= 15 is 0 Å². The number of hydrogen-bond donors (Lipinski definition) is 1. The van der Waals surface area contributed by atoms with Crippen LogP contribution in [0.1, 0.15) is 11.4 Å². The van der Waals surface area contributed by atoms with E-state index in [4.69, 9.17) is 11.6 Å². The molecule has 82 valence electrons. The SMILES string of the molecule is Cc1nc(Cl)cc(NCc2ccncc2)n1. The lowest BCUT2D eigenvalue weighted by molar-refractivity contribution is 1.02. The van der Waals surface area contributed by atoms with Gasteiger partial charge in [-0.1, -0.05) is 11.6 Å². The average Bonchev–Trinajstić information content (AvgIpc) is 2.27. The van der Waals surface area contributed by atoms with Crippen molar-refractivity contribution in [2.24, 2.45) is 0 Å². The van der Waals surface area contributed by atoms with Crippen molar-refractivity contribution >= 4 is 17.4 Å². The van der Waals surface area contributed by atoms with Crippen LogP contribution in [0.2, 0.25) is 5.15 Å². The third-order valence-electron chi connectivity index (χ3n) is 2.03. The summed E-state index contributed by atoms with van der Waals surface area (Å²) in [5, 5.41) is 3.63. The van der Waals surface area contributed by atoms with Crippen molar-refractivity contribution in [2.75, 3.05) is 5.32 Å². The molecule has 0 aliphatic heterocycles. The molecule has 5 heteroatoms. The lowest BCUT2D eigenvalue weighted by Crippen LogP contribution is -2.03. The molecule has 1 N–H and O–H groups in total. The van der Waals surface area contributed by atoms with Crippen molar-refractivity contribution < 1.29 is 0 Å². The largest absolute Gasteiger partial charge is 0.366 e. The molecule has 0 unspecified atom stereocenters. The zero-order valence-electron chi connectivity index (χ0n) is 8.81. The fourth-order valence-electron chi connectivity index (χ4n) is 1.32. The summed E-state index contributed by atoms with van der Waals surface area (Å²) in [6.45, 7) is 2.50. The van der Waals surface area contributed by atoms with Crippen LogP contribution in [0.25, 0.3) is 0 Å². The first-order valence-electron chi connectivity index (χ1n) is 4.88. The van der Waals surface area contributed by atoms with E-state index in [1.165, 1.54) is 0 Å². The van der Waals surface area contributed by atoms with Gasteiger partial charge < -0.3 is 5.32 Å². The molecule has 0 spiro atoms. The van der Waals surface area contributed by atoms with Crippen LogP contribution in [0.4, 0.5) is 5.82 Å². The Balaban J connectivity index is 2.05. The summed E-state index contributed by atoms with van der Waals surface area (Å²) in [4.78, 5) is 12.2. The Morgan fingerprint density at radius 1 is 1.25 bits per heavy atom. The second kappa shape index (κ2) is 4.90. The predicted octanol–water partition coefficient (Wildman–Crippen LogP) is 2.45. The molecule has 0 saturated heterocycles. The Labute approximate surface area is 98.7 Å². The molecule has 0 radical (unpaired) electrons. The molecule has 2 heterocycles. The molecule has 0 aromatic carbocycles. The van der Waals surface area contributed by atoms with Gasteiger partial charge in [0.25, 0.3) is 0 Å². The lowest BCUT2D eigenvalue weighted by Gasteiger charge is -2.06. The summed E-state index contributed by atoms with van der Waals surface area (Å²) >= 11 is 5.83. The summed E-state index contributed by atoms with van der Waals surface area (Å²) in [6, 6.07) is 5.60. The summed E-state index contributed by atoms with van der Waals surface area (Å²) in [5.41, 5.74) is 1.14. The first-order valence-corrected chi connectivity index (χ1v) is 5.26. The van der Waals surface area contributed by atoms with Crippen LogP contribution in [0.5, 0.6) is 0 Å². The van der Waals surface area contributed by atoms with E-state index in [0.717, 1.165) is 11.4 Å². The van der Waals surface area contributed by atoms with Crippen molar-refractivity contribution in [1.82, 2.24) is 15.0 Å². The highest BCUT2D eigenvalue weighted by Gasteiger charge is 1.99. The third-order valence-corrected chi connectivity index (χ3v) is 2.22. The molecule has 2 aromatic heterocycles. The van der Waals surface area contributed by atoms with Gasteiger partial charge in [0.1, 0.15) is 16.8 Å². The number of hydrogen-bond acceptors (Lipinski definition) is 4. The van der Waals surface area contributed by atoms with E-state index in [-0.39, 0.29) is 0 Å². The Hall–Kier alpha value is -1.68. The van der Waals surface area contributed by atoms with Crippen molar-refractivity contribution in [3.8, 4) is 0 Å². The lowest BCUT2D eigenvalue weighted by atomic mass is 10.3. The van der Waals surface area contributed by atoms with E-state index in [0.29, 0.717) is 17.5 Å². The highest BCUT2D eigenvalue weighted by Crippen LogP contribution is 2.12. The maximum Gasteiger partial charge on any atom is 0.134 e. The molecule has 0 amide bonds. The van der Waals surface area contributed by atoms with E-state index in [1.807, 2.05) is 19.1 Å². The first kappa shape index (κ1) is 10.8. The van der Waals surface area contributed by atoms with Crippen LogP contribution >= 0.6 is 11.6 Å². The number of anilines is 1. The van der Waals surface area contributed by atoms with Crippen LogP contribution in [-0.2, 0) is 6.54 Å². The second-order valence-corrected chi connectivity index (χ2v) is 3.72. The standard InChI is InChI=1S/C11H11ClN4/c1-8-15-10(12)6-11(16-8)14-7-9-2-4-13-5-3-9/h2-6H,7H2,1H3,(H,14,15,16). The quantitative estimate of drug-likeness (QED) is 0.829. The first-order chi connectivity index (χ1) is 7.74. The van der Waals surface area contributed by atoms with Gasteiger partial charge in [0.15, 0.2) is 0 Å². The van der Waals surface area contributed by atoms with Gasteiger partial charge in [-0.25, -0.2) is 9.97 Å². The van der Waals surface area contributed by atoms with Crippen LogP contribution in [-0.4, -0.2) is 15.0 Å². The van der Waals surface area contributed by atoms with Gasteiger partial charge in [-0.15, -0.1) is 0 Å². The molecular formula is C11H11ClN4. The minimum atomic E-state index is 0.449. The summed E-state index contributed by atoms with van der Waals surface area (Å²) < 4.78 is 0. The molecule has 0 aliphatic rings. The normalized spacial score (nSPS) is 10.1. The van der Waals surface area contributed by atoms with Gasteiger partial charge >= 0.3 is 0 Å². The summed E-state index contributed by atoms with van der Waals surface area (Å²) in [7, 11) is 0. The number of rotatable bonds is 3. The fourth-order valence-corrected chi connectivity index (χ4v) is 1.54. The molecule has 0 atom stereocenters. The van der Waals surface area contributed by atoms with Crippen molar-refractivity contribution in [2.45, 2.75) is 13.5 Å². The van der Waals surface area contributed by atoms with E-state index in [1.54, 1.807) is 18.5 Å². The van der Waals surface area contributed by atoms with Crippen molar-refractivity contribution in [1.29, 1.82) is 0 Å². The van der Waals surface area contributed by atoms with Gasteiger partial charge in [0, 0.05) is 25.0 Å². The molecule has 4 nitrogen and oxygen atoms in total. The minimum Gasteiger partial charge on any atom is -0.366 e. The van der Waals surface area contributed by atoms with Gasteiger partial charge in [-0.2, -0.15) is 0 Å². The maximum absolute atomic E-state index is 5.83. The maximum atomic E-state index is 5.83. The zero-order valence-corrected chi connectivity index (χ0v) is 9.57. The number of nitrogens with zero attached hydrogens (tertiary/aromatic N) is 3. The molecule has 2 aromatic rings.